The molecule has 0 aliphatic rings. The summed E-state index contributed by atoms with van der Waals surface area (Å²) in [5, 5.41) is 16.8. The maximum Gasteiger partial charge on any atom is 0.257 e. The zero-order valence-electron chi connectivity index (χ0n) is 13.7. The molecule has 2 rings (SSSR count). The standard InChI is InChI=1S/C15H20N6O2S/c1-3-9-21-14(18-19-20-21)17-15(24)16-13(22)11-5-7-12(8-6-11)23-10-4-2/h5-8H,3-4,9-10H2,1-2H3,(H2,16,17,18,20,22,24). The predicted molar refractivity (Wildman–Crippen MR) is 94.0 cm³/mol. The summed E-state index contributed by atoms with van der Waals surface area (Å²) in [5.41, 5.74) is 0.483. The minimum absolute atomic E-state index is 0.137. The third-order valence-corrected chi connectivity index (χ3v) is 3.21. The summed E-state index contributed by atoms with van der Waals surface area (Å²) in [6, 6.07) is 6.87. The van der Waals surface area contributed by atoms with Crippen LogP contribution >= 0.6 is 12.2 Å². The monoisotopic (exact) mass is 348 g/mol. The van der Waals surface area contributed by atoms with Crippen LogP contribution in [0.2, 0.25) is 0 Å². The molecule has 1 heterocycles. The van der Waals surface area contributed by atoms with E-state index in [4.69, 9.17) is 17.0 Å². The summed E-state index contributed by atoms with van der Waals surface area (Å²) >= 11 is 5.13. The van der Waals surface area contributed by atoms with Crippen LogP contribution in [0.15, 0.2) is 24.3 Å². The molecule has 128 valence electrons. The van der Waals surface area contributed by atoms with Gasteiger partial charge in [-0.3, -0.25) is 15.4 Å². The van der Waals surface area contributed by atoms with Gasteiger partial charge in [-0.25, -0.2) is 4.68 Å². The largest absolute Gasteiger partial charge is 0.494 e. The number of benzene rings is 1. The van der Waals surface area contributed by atoms with Crippen molar-refractivity contribution < 1.29 is 9.53 Å². The Balaban J connectivity index is 1.91. The van der Waals surface area contributed by atoms with Gasteiger partial charge >= 0.3 is 0 Å². The fraction of sp³-hybridized carbons (Fsp3) is 0.400. The van der Waals surface area contributed by atoms with Crippen LogP contribution < -0.4 is 15.4 Å². The molecule has 9 heteroatoms. The zero-order valence-corrected chi connectivity index (χ0v) is 14.5. The normalized spacial score (nSPS) is 10.2. The number of aromatic nitrogens is 4. The maximum absolute atomic E-state index is 12.2. The van der Waals surface area contributed by atoms with Crippen molar-refractivity contribution in [2.75, 3.05) is 11.9 Å². The average Bonchev–Trinajstić information content (AvgIpc) is 3.00. The summed E-state index contributed by atoms with van der Waals surface area (Å²) in [7, 11) is 0. The molecule has 0 atom stereocenters. The second-order valence-corrected chi connectivity index (χ2v) is 5.41. The Morgan fingerprint density at radius 3 is 2.67 bits per heavy atom. The van der Waals surface area contributed by atoms with E-state index in [1.165, 1.54) is 0 Å². The second kappa shape index (κ2) is 8.92. The van der Waals surface area contributed by atoms with Crippen LogP contribution in [-0.2, 0) is 6.54 Å². The number of hydrogen-bond donors (Lipinski definition) is 2. The lowest BCUT2D eigenvalue weighted by molar-refractivity contribution is 0.0977. The molecule has 1 amide bonds. The summed E-state index contributed by atoms with van der Waals surface area (Å²) < 4.78 is 7.06. The van der Waals surface area contributed by atoms with Gasteiger partial charge in [0.15, 0.2) is 5.11 Å². The van der Waals surface area contributed by atoms with Crippen molar-refractivity contribution in [3.63, 3.8) is 0 Å². The number of hydrogen-bond acceptors (Lipinski definition) is 6. The van der Waals surface area contributed by atoms with E-state index in [0.717, 1.165) is 18.6 Å². The van der Waals surface area contributed by atoms with E-state index in [0.29, 0.717) is 24.7 Å². The number of nitrogens with one attached hydrogen (secondary N) is 2. The number of amides is 1. The van der Waals surface area contributed by atoms with Gasteiger partial charge in [-0.2, -0.15) is 0 Å². The average molecular weight is 348 g/mol. The van der Waals surface area contributed by atoms with Crippen LogP contribution in [-0.4, -0.2) is 37.8 Å². The molecule has 1 aromatic carbocycles. The van der Waals surface area contributed by atoms with Crippen molar-refractivity contribution in [2.45, 2.75) is 33.2 Å². The van der Waals surface area contributed by atoms with Crippen LogP contribution in [0, 0.1) is 0 Å². The van der Waals surface area contributed by atoms with Gasteiger partial charge in [0.25, 0.3) is 5.91 Å². The molecule has 1 aromatic heterocycles. The zero-order chi connectivity index (χ0) is 17.4. The predicted octanol–water partition coefficient (Wildman–Crippen LogP) is 2.00. The van der Waals surface area contributed by atoms with E-state index >= 15 is 0 Å². The Morgan fingerprint density at radius 1 is 1.25 bits per heavy atom. The van der Waals surface area contributed by atoms with Gasteiger partial charge in [0.05, 0.1) is 6.61 Å². The molecular weight excluding hydrogens is 328 g/mol. The van der Waals surface area contributed by atoms with Crippen molar-refractivity contribution in [1.29, 1.82) is 0 Å². The highest BCUT2D eigenvalue weighted by Crippen LogP contribution is 2.12. The first-order chi connectivity index (χ1) is 11.6. The van der Waals surface area contributed by atoms with Gasteiger partial charge in [0.1, 0.15) is 5.75 Å². The topological polar surface area (TPSA) is 94.0 Å². The van der Waals surface area contributed by atoms with E-state index in [9.17, 15) is 4.79 Å². The number of carbonyl (C=O) groups excluding carboxylic acids is 1. The highest BCUT2D eigenvalue weighted by molar-refractivity contribution is 7.80. The number of carbonyl (C=O) groups is 1. The van der Waals surface area contributed by atoms with Crippen LogP contribution in [0.1, 0.15) is 37.0 Å². The number of rotatable bonds is 7. The Morgan fingerprint density at radius 2 is 2.00 bits per heavy atom. The van der Waals surface area contributed by atoms with E-state index in [1.54, 1.807) is 28.9 Å². The number of aryl methyl sites for hydroxylation is 1. The van der Waals surface area contributed by atoms with Crippen LogP contribution in [0.25, 0.3) is 0 Å². The summed E-state index contributed by atoms with van der Waals surface area (Å²) in [5.74, 6) is 0.808. The minimum Gasteiger partial charge on any atom is -0.494 e. The Labute approximate surface area is 145 Å². The number of thiocarbonyl (C=S) groups is 1. The molecule has 0 bridgehead atoms. The SMILES string of the molecule is CCCOc1ccc(C(=O)NC(=S)Nc2nnnn2CCC)cc1. The van der Waals surface area contributed by atoms with E-state index < -0.39 is 0 Å². The molecule has 0 aliphatic carbocycles. The molecule has 24 heavy (non-hydrogen) atoms. The fourth-order valence-electron chi connectivity index (χ4n) is 1.89. The molecule has 0 aliphatic heterocycles. The number of nitrogens with zero attached hydrogens (tertiary/aromatic N) is 4. The first-order valence-electron chi connectivity index (χ1n) is 7.75. The van der Waals surface area contributed by atoms with Crippen molar-refractivity contribution in [1.82, 2.24) is 25.5 Å². The Hall–Kier alpha value is -2.55. The third kappa shape index (κ3) is 4.98. The first-order valence-corrected chi connectivity index (χ1v) is 8.16. The number of tetrazole rings is 1. The van der Waals surface area contributed by atoms with Gasteiger partial charge < -0.3 is 4.74 Å². The van der Waals surface area contributed by atoms with Crippen molar-refractivity contribution in [3.8, 4) is 5.75 Å². The minimum atomic E-state index is -0.316. The Kier molecular flexibility index (Phi) is 6.62. The van der Waals surface area contributed by atoms with Gasteiger partial charge in [-0.05, 0) is 59.8 Å². The van der Waals surface area contributed by atoms with E-state index in [-0.39, 0.29) is 11.0 Å². The number of ether oxygens (including phenoxy) is 1. The molecular formula is C15H20N6O2S. The summed E-state index contributed by atoms with van der Waals surface area (Å²) in [6.45, 7) is 5.35. The smallest absolute Gasteiger partial charge is 0.257 e. The lowest BCUT2D eigenvalue weighted by Crippen LogP contribution is -2.35. The molecule has 0 radical (unpaired) electrons. The lowest BCUT2D eigenvalue weighted by atomic mass is 10.2. The van der Waals surface area contributed by atoms with Gasteiger partial charge in [-0.1, -0.05) is 18.9 Å². The summed E-state index contributed by atoms with van der Waals surface area (Å²) in [6.07, 6.45) is 1.81. The molecule has 8 nitrogen and oxygen atoms in total. The first kappa shape index (κ1) is 17.8. The van der Waals surface area contributed by atoms with E-state index in [1.807, 2.05) is 13.8 Å². The summed E-state index contributed by atoms with van der Waals surface area (Å²) in [4.78, 5) is 12.2. The van der Waals surface area contributed by atoms with Crippen LogP contribution in [0.5, 0.6) is 5.75 Å². The van der Waals surface area contributed by atoms with Crippen molar-refractivity contribution >= 4 is 29.2 Å². The van der Waals surface area contributed by atoms with Gasteiger partial charge in [0.2, 0.25) is 5.95 Å². The molecule has 0 fully saturated rings. The molecule has 0 saturated carbocycles. The Bertz CT molecular complexity index is 686. The highest BCUT2D eigenvalue weighted by atomic mass is 32.1. The fourth-order valence-corrected chi connectivity index (χ4v) is 2.07. The number of anilines is 1. The quantitative estimate of drug-likeness (QED) is 0.739. The van der Waals surface area contributed by atoms with E-state index in [2.05, 4.69) is 26.2 Å². The van der Waals surface area contributed by atoms with Crippen LogP contribution in [0.3, 0.4) is 0 Å². The lowest BCUT2D eigenvalue weighted by Gasteiger charge is -2.09. The molecule has 0 unspecified atom stereocenters. The van der Waals surface area contributed by atoms with Gasteiger partial charge in [0, 0.05) is 12.1 Å². The molecule has 0 spiro atoms. The second-order valence-electron chi connectivity index (χ2n) is 5.01. The van der Waals surface area contributed by atoms with Crippen molar-refractivity contribution in [2.24, 2.45) is 0 Å². The van der Waals surface area contributed by atoms with Gasteiger partial charge in [-0.15, -0.1) is 0 Å². The highest BCUT2D eigenvalue weighted by Gasteiger charge is 2.11. The molecule has 0 saturated heterocycles. The molecule has 2 aromatic rings. The van der Waals surface area contributed by atoms with Crippen LogP contribution in [0.4, 0.5) is 5.95 Å². The maximum atomic E-state index is 12.2. The molecule has 2 N–H and O–H groups in total. The third-order valence-electron chi connectivity index (χ3n) is 3.01. The van der Waals surface area contributed by atoms with Crippen molar-refractivity contribution in [3.05, 3.63) is 29.8 Å².